The van der Waals surface area contributed by atoms with Crippen LogP contribution >= 0.6 is 0 Å². The summed E-state index contributed by atoms with van der Waals surface area (Å²) in [5.74, 6) is -0.260. The fourth-order valence-corrected chi connectivity index (χ4v) is 3.04. The molecule has 0 atom stereocenters. The molecule has 0 bridgehead atoms. The van der Waals surface area contributed by atoms with Crippen LogP contribution in [0.3, 0.4) is 0 Å². The Balaban J connectivity index is 1.81. The van der Waals surface area contributed by atoms with E-state index in [9.17, 15) is 4.39 Å². The van der Waals surface area contributed by atoms with E-state index in [0.717, 1.165) is 25.2 Å². The predicted molar refractivity (Wildman–Crippen MR) is 86.6 cm³/mol. The summed E-state index contributed by atoms with van der Waals surface area (Å²) in [7, 11) is -0.636. The smallest absolute Gasteiger partial charge is 0.399 e. The van der Waals surface area contributed by atoms with E-state index in [1.54, 1.807) is 0 Å². The van der Waals surface area contributed by atoms with E-state index in [0.29, 0.717) is 5.46 Å². The Morgan fingerprint density at radius 2 is 1.68 bits per heavy atom. The van der Waals surface area contributed by atoms with Gasteiger partial charge in [0, 0.05) is 12.0 Å². The van der Waals surface area contributed by atoms with Crippen molar-refractivity contribution in [3.63, 3.8) is 0 Å². The Bertz CT molecular complexity index is 540. The van der Waals surface area contributed by atoms with Gasteiger partial charge in [0.1, 0.15) is 5.82 Å². The van der Waals surface area contributed by atoms with Gasteiger partial charge >= 0.3 is 7.12 Å². The molecular weight excluding hydrogens is 280 g/mol. The monoisotopic (exact) mass is 305 g/mol. The fraction of sp³-hybridized carbons (Fsp3) is 0.647. The van der Waals surface area contributed by atoms with E-state index in [1.165, 1.54) is 18.9 Å². The minimum Gasteiger partial charge on any atom is -0.399 e. The minimum absolute atomic E-state index is 0.260. The summed E-state index contributed by atoms with van der Waals surface area (Å²) in [5, 5.41) is 0. The van der Waals surface area contributed by atoms with Crippen LogP contribution in [0, 0.1) is 5.82 Å². The number of halogens is 1. The molecular formula is C17H25BFNO2. The van der Waals surface area contributed by atoms with Crippen LogP contribution < -0.4 is 5.46 Å². The topological polar surface area (TPSA) is 21.7 Å². The minimum atomic E-state index is -0.636. The maximum atomic E-state index is 14.3. The molecule has 2 heterocycles. The van der Waals surface area contributed by atoms with Crippen LogP contribution in [0.1, 0.15) is 46.1 Å². The third-order valence-electron chi connectivity index (χ3n) is 5.17. The highest BCUT2D eigenvalue weighted by Gasteiger charge is 2.52. The van der Waals surface area contributed by atoms with Crippen LogP contribution in [0.25, 0.3) is 0 Å². The molecule has 2 aliphatic heterocycles. The SMILES string of the molecule is CC1(C)OB(c2cc(CN3CCCC3)ccc2F)OC1(C)C. The summed E-state index contributed by atoms with van der Waals surface area (Å²) < 4.78 is 26.2. The summed E-state index contributed by atoms with van der Waals surface area (Å²) >= 11 is 0. The summed E-state index contributed by atoms with van der Waals surface area (Å²) in [5.41, 5.74) is 0.729. The molecule has 0 spiro atoms. The van der Waals surface area contributed by atoms with Crippen molar-refractivity contribution in [1.82, 2.24) is 4.90 Å². The largest absolute Gasteiger partial charge is 0.497 e. The standard InChI is InChI=1S/C17H25BFNO2/c1-16(2)17(3,4)22-18(21-16)14-11-13(7-8-15(14)19)12-20-9-5-6-10-20/h7-8,11H,5-6,9-10,12H2,1-4H3. The molecule has 1 aromatic rings. The number of hydrogen-bond donors (Lipinski definition) is 0. The van der Waals surface area contributed by atoms with E-state index in [1.807, 2.05) is 39.8 Å². The Hall–Kier alpha value is -0.905. The zero-order chi connectivity index (χ0) is 16.0. The van der Waals surface area contributed by atoms with E-state index in [-0.39, 0.29) is 5.82 Å². The molecule has 2 aliphatic rings. The first-order valence-electron chi connectivity index (χ1n) is 8.15. The highest BCUT2D eigenvalue weighted by Crippen LogP contribution is 2.36. The summed E-state index contributed by atoms with van der Waals surface area (Å²) in [6.07, 6.45) is 2.51. The lowest BCUT2D eigenvalue weighted by atomic mass is 9.78. The predicted octanol–water partition coefficient (Wildman–Crippen LogP) is 2.72. The van der Waals surface area contributed by atoms with Crippen LogP contribution in [0.5, 0.6) is 0 Å². The number of benzene rings is 1. The molecule has 0 aliphatic carbocycles. The third-order valence-corrected chi connectivity index (χ3v) is 5.17. The molecule has 0 unspecified atom stereocenters. The second-order valence-corrected chi connectivity index (χ2v) is 7.43. The van der Waals surface area contributed by atoms with Crippen LogP contribution in [-0.4, -0.2) is 36.3 Å². The van der Waals surface area contributed by atoms with Gasteiger partial charge in [0.2, 0.25) is 0 Å². The number of likely N-dealkylation sites (tertiary alicyclic amines) is 1. The summed E-state index contributed by atoms with van der Waals surface area (Å²) in [4.78, 5) is 2.40. The number of rotatable bonds is 3. The van der Waals surface area contributed by atoms with Crippen LogP contribution in [0.4, 0.5) is 4.39 Å². The average Bonchev–Trinajstić information content (AvgIpc) is 2.99. The Kier molecular flexibility index (Phi) is 4.08. The van der Waals surface area contributed by atoms with Gasteiger partial charge in [-0.1, -0.05) is 12.1 Å². The molecule has 5 heteroatoms. The molecule has 3 rings (SSSR count). The lowest BCUT2D eigenvalue weighted by Crippen LogP contribution is -2.41. The first-order valence-corrected chi connectivity index (χ1v) is 8.15. The molecule has 0 N–H and O–H groups in total. The van der Waals surface area contributed by atoms with Gasteiger partial charge in [-0.25, -0.2) is 4.39 Å². The fourth-order valence-electron chi connectivity index (χ4n) is 3.04. The van der Waals surface area contributed by atoms with Gasteiger partial charge in [0.25, 0.3) is 0 Å². The van der Waals surface area contributed by atoms with Gasteiger partial charge in [-0.2, -0.15) is 0 Å². The second-order valence-electron chi connectivity index (χ2n) is 7.43. The zero-order valence-corrected chi connectivity index (χ0v) is 14.0. The molecule has 120 valence electrons. The maximum absolute atomic E-state index is 14.3. The molecule has 0 radical (unpaired) electrons. The van der Waals surface area contributed by atoms with Crippen LogP contribution in [0.2, 0.25) is 0 Å². The van der Waals surface area contributed by atoms with Crippen molar-refractivity contribution in [2.45, 2.75) is 58.3 Å². The van der Waals surface area contributed by atoms with Crippen LogP contribution in [-0.2, 0) is 15.9 Å². The van der Waals surface area contributed by atoms with Crippen molar-refractivity contribution < 1.29 is 13.7 Å². The Morgan fingerprint density at radius 1 is 1.09 bits per heavy atom. The maximum Gasteiger partial charge on any atom is 0.497 e. The molecule has 0 saturated carbocycles. The lowest BCUT2D eigenvalue weighted by Gasteiger charge is -2.32. The molecule has 22 heavy (non-hydrogen) atoms. The van der Waals surface area contributed by atoms with Crippen LogP contribution in [0.15, 0.2) is 18.2 Å². The second kappa shape index (κ2) is 5.62. The molecule has 2 fully saturated rings. The first-order chi connectivity index (χ1) is 10.3. The number of nitrogens with zero attached hydrogens (tertiary/aromatic N) is 1. The Labute approximate surface area is 132 Å². The average molecular weight is 305 g/mol. The summed E-state index contributed by atoms with van der Waals surface area (Å²) in [6, 6.07) is 5.30. The van der Waals surface area contributed by atoms with E-state index < -0.39 is 18.3 Å². The van der Waals surface area contributed by atoms with Crippen molar-refractivity contribution in [1.29, 1.82) is 0 Å². The van der Waals surface area contributed by atoms with Gasteiger partial charge < -0.3 is 9.31 Å². The highest BCUT2D eigenvalue weighted by atomic mass is 19.1. The Morgan fingerprint density at radius 3 is 2.27 bits per heavy atom. The van der Waals surface area contributed by atoms with E-state index in [2.05, 4.69) is 4.90 Å². The quantitative estimate of drug-likeness (QED) is 0.802. The normalized spacial score (nSPS) is 24.1. The van der Waals surface area contributed by atoms with Crippen molar-refractivity contribution in [2.75, 3.05) is 13.1 Å². The molecule has 0 aromatic heterocycles. The molecule has 3 nitrogen and oxygen atoms in total. The first kappa shape index (κ1) is 16.0. The van der Waals surface area contributed by atoms with E-state index in [4.69, 9.17) is 9.31 Å². The van der Waals surface area contributed by atoms with Gasteiger partial charge in [0.05, 0.1) is 11.2 Å². The molecule has 2 saturated heterocycles. The lowest BCUT2D eigenvalue weighted by molar-refractivity contribution is 0.00578. The van der Waals surface area contributed by atoms with Gasteiger partial charge in [-0.05, 0) is 65.3 Å². The van der Waals surface area contributed by atoms with Gasteiger partial charge in [-0.3, -0.25) is 4.90 Å². The number of hydrogen-bond acceptors (Lipinski definition) is 3. The van der Waals surface area contributed by atoms with Gasteiger partial charge in [-0.15, -0.1) is 0 Å². The van der Waals surface area contributed by atoms with E-state index >= 15 is 0 Å². The molecule has 1 aromatic carbocycles. The zero-order valence-electron chi connectivity index (χ0n) is 14.0. The van der Waals surface area contributed by atoms with Crippen molar-refractivity contribution in [3.05, 3.63) is 29.6 Å². The highest BCUT2D eigenvalue weighted by molar-refractivity contribution is 6.62. The van der Waals surface area contributed by atoms with Crippen molar-refractivity contribution in [3.8, 4) is 0 Å². The van der Waals surface area contributed by atoms with Gasteiger partial charge in [0.15, 0.2) is 0 Å². The molecule has 0 amide bonds. The summed E-state index contributed by atoms with van der Waals surface area (Å²) in [6.45, 7) is 11.1. The third kappa shape index (κ3) is 2.94. The van der Waals surface area contributed by atoms with Crippen molar-refractivity contribution in [2.24, 2.45) is 0 Å². The van der Waals surface area contributed by atoms with Crippen molar-refractivity contribution >= 4 is 12.6 Å².